The van der Waals surface area contributed by atoms with Crippen molar-refractivity contribution in [2.45, 2.75) is 18.6 Å². The highest BCUT2D eigenvalue weighted by Crippen LogP contribution is 2.05. The van der Waals surface area contributed by atoms with Gasteiger partial charge in [0, 0.05) is 6.42 Å². The molecular weight excluding hydrogens is 245 g/mol. The Bertz CT molecular complexity index is 286. The molecule has 92 valence electrons. The van der Waals surface area contributed by atoms with Crippen LogP contribution in [0.5, 0.6) is 0 Å². The molecule has 0 saturated carbocycles. The number of aliphatic carboxylic acids is 1. The van der Waals surface area contributed by atoms with Gasteiger partial charge in [0.25, 0.3) is 0 Å². The van der Waals surface area contributed by atoms with Gasteiger partial charge >= 0.3 is 11.9 Å². The van der Waals surface area contributed by atoms with E-state index in [2.05, 4.69) is 4.74 Å². The molecule has 2 atom stereocenters. The van der Waals surface area contributed by atoms with Gasteiger partial charge in [0.1, 0.15) is 11.9 Å². The summed E-state index contributed by atoms with van der Waals surface area (Å²) < 4.78 is 17.1. The summed E-state index contributed by atoms with van der Waals surface area (Å²) in [5, 5.41) is 10.6. The number of methoxy groups -OCH3 is 1. The second-order valence-corrected chi connectivity index (χ2v) is 3.09. The molecule has 0 aliphatic carbocycles. The number of hydrogen-bond acceptors (Lipinski definition) is 4. The summed E-state index contributed by atoms with van der Waals surface area (Å²) in [5.41, 5.74) is 0. The van der Waals surface area contributed by atoms with Crippen LogP contribution in [-0.2, 0) is 19.1 Å². The highest BCUT2D eigenvalue weighted by molar-refractivity contribution is 6.27. The third-order valence-corrected chi connectivity index (χ3v) is 1.90. The van der Waals surface area contributed by atoms with Crippen molar-refractivity contribution in [2.75, 3.05) is 13.0 Å². The molecule has 16 heavy (non-hydrogen) atoms. The third kappa shape index (κ3) is 4.92. The zero-order valence-corrected chi connectivity index (χ0v) is 9.16. The van der Waals surface area contributed by atoms with E-state index in [0.29, 0.717) is 0 Å². The minimum Gasteiger partial charge on any atom is -0.480 e. The summed E-state index contributed by atoms with van der Waals surface area (Å²) in [4.78, 5) is 32.1. The Morgan fingerprint density at radius 3 is 2.44 bits per heavy atom. The van der Waals surface area contributed by atoms with E-state index in [1.54, 1.807) is 0 Å². The molecule has 0 aliphatic rings. The van der Waals surface area contributed by atoms with Crippen molar-refractivity contribution in [3.05, 3.63) is 0 Å². The van der Waals surface area contributed by atoms with E-state index in [-0.39, 0.29) is 0 Å². The normalized spacial score (nSPS) is 13.7. The van der Waals surface area contributed by atoms with Crippen molar-refractivity contribution in [1.82, 2.24) is 5.32 Å². The molecule has 0 bridgehead atoms. The molecule has 2 N–H and O–H groups in total. The lowest BCUT2D eigenvalue weighted by Gasteiger charge is -2.14. The van der Waals surface area contributed by atoms with Gasteiger partial charge in [-0.05, 0) is 0 Å². The molecule has 6 nitrogen and oxygen atoms in total. The first-order chi connectivity index (χ1) is 7.42. The summed E-state index contributed by atoms with van der Waals surface area (Å²) in [6.45, 7) is 0. The van der Waals surface area contributed by atoms with E-state index in [0.717, 1.165) is 7.11 Å². The molecule has 0 aromatic carbocycles. The maximum atomic E-state index is 13.0. The molecule has 0 spiro atoms. The molecule has 0 radical (unpaired) electrons. The summed E-state index contributed by atoms with van der Waals surface area (Å²) in [5.74, 6) is -3.85. The van der Waals surface area contributed by atoms with E-state index in [1.807, 2.05) is 5.32 Å². The maximum absolute atomic E-state index is 13.0. The second-order valence-electron chi connectivity index (χ2n) is 2.82. The Morgan fingerprint density at radius 2 is 2.06 bits per heavy atom. The van der Waals surface area contributed by atoms with Crippen molar-refractivity contribution in [2.24, 2.45) is 0 Å². The number of amides is 1. The van der Waals surface area contributed by atoms with Crippen molar-refractivity contribution in [3.8, 4) is 0 Å². The predicted molar refractivity (Wildman–Crippen MR) is 51.8 cm³/mol. The Labute approximate surface area is 95.7 Å². The van der Waals surface area contributed by atoms with Crippen LogP contribution in [0, 0.1) is 0 Å². The van der Waals surface area contributed by atoms with Gasteiger partial charge in [-0.1, -0.05) is 0 Å². The van der Waals surface area contributed by atoms with Gasteiger partial charge < -0.3 is 15.2 Å². The molecule has 0 unspecified atom stereocenters. The number of esters is 1. The molecule has 1 amide bonds. The Balaban J connectivity index is 4.39. The van der Waals surface area contributed by atoms with E-state index in [1.165, 1.54) is 0 Å². The van der Waals surface area contributed by atoms with Crippen LogP contribution in [0.3, 0.4) is 0 Å². The van der Waals surface area contributed by atoms with Crippen LogP contribution >= 0.6 is 11.6 Å². The molecule has 8 heteroatoms. The Kier molecular flexibility index (Phi) is 6.40. The number of carbonyl (C=O) groups excluding carboxylic acids is 2. The lowest BCUT2D eigenvalue weighted by molar-refractivity contribution is -0.148. The van der Waals surface area contributed by atoms with E-state index < -0.39 is 42.4 Å². The van der Waals surface area contributed by atoms with Crippen molar-refractivity contribution in [3.63, 3.8) is 0 Å². The zero-order valence-electron chi connectivity index (χ0n) is 8.41. The average molecular weight is 256 g/mol. The molecule has 0 fully saturated rings. The number of nitrogens with one attached hydrogen (secondary N) is 1. The molecule has 0 aromatic heterocycles. The maximum Gasteiger partial charge on any atom is 0.340 e. The fraction of sp³-hybridized carbons (Fsp3) is 0.625. The largest absolute Gasteiger partial charge is 0.480 e. The lowest BCUT2D eigenvalue weighted by Crippen LogP contribution is -2.44. The molecule has 0 heterocycles. The van der Waals surface area contributed by atoms with Gasteiger partial charge in [-0.25, -0.2) is 14.0 Å². The number of alkyl halides is 2. The summed E-state index contributed by atoms with van der Waals surface area (Å²) in [6, 6.07) is -1.51. The smallest absolute Gasteiger partial charge is 0.340 e. The summed E-state index contributed by atoms with van der Waals surface area (Å²) in [7, 11) is 0.974. The minimum absolute atomic E-state index is 0.445. The first kappa shape index (κ1) is 14.6. The van der Waals surface area contributed by atoms with Gasteiger partial charge in [0.15, 0.2) is 6.17 Å². The predicted octanol–water partition coefficient (Wildman–Crippen LogP) is -0.304. The third-order valence-electron chi connectivity index (χ3n) is 1.65. The highest BCUT2D eigenvalue weighted by atomic mass is 35.5. The van der Waals surface area contributed by atoms with Gasteiger partial charge in [0.05, 0.1) is 7.11 Å². The SMILES string of the molecule is COC(=O)[C@@H](F)C[C@H](NC(=O)CCl)C(=O)O. The van der Waals surface area contributed by atoms with Crippen LogP contribution < -0.4 is 5.32 Å². The zero-order chi connectivity index (χ0) is 12.7. The Morgan fingerprint density at radius 1 is 1.50 bits per heavy atom. The number of halogens is 2. The first-order valence-corrected chi connectivity index (χ1v) is 4.75. The van der Waals surface area contributed by atoms with Gasteiger partial charge in [-0.2, -0.15) is 0 Å². The molecule has 0 aliphatic heterocycles. The van der Waals surface area contributed by atoms with Crippen LogP contribution in [0.1, 0.15) is 6.42 Å². The monoisotopic (exact) mass is 255 g/mol. The van der Waals surface area contributed by atoms with Crippen LogP contribution in [0.25, 0.3) is 0 Å². The van der Waals surface area contributed by atoms with Crippen LogP contribution in [0.4, 0.5) is 4.39 Å². The Hall–Kier alpha value is -1.37. The molecule has 0 rings (SSSR count). The minimum atomic E-state index is -2.11. The van der Waals surface area contributed by atoms with Crippen LogP contribution in [0.2, 0.25) is 0 Å². The van der Waals surface area contributed by atoms with E-state index in [9.17, 15) is 18.8 Å². The number of hydrogen-bond donors (Lipinski definition) is 2. The van der Waals surface area contributed by atoms with Gasteiger partial charge in [-0.15, -0.1) is 11.6 Å². The van der Waals surface area contributed by atoms with Crippen molar-refractivity contribution in [1.29, 1.82) is 0 Å². The van der Waals surface area contributed by atoms with Gasteiger partial charge in [0.2, 0.25) is 5.91 Å². The van der Waals surface area contributed by atoms with E-state index in [4.69, 9.17) is 16.7 Å². The highest BCUT2D eigenvalue weighted by Gasteiger charge is 2.28. The number of rotatable bonds is 6. The number of carbonyl (C=O) groups is 3. The molecular formula is C8H11ClFNO5. The fourth-order valence-electron chi connectivity index (χ4n) is 0.885. The topological polar surface area (TPSA) is 92.7 Å². The second kappa shape index (κ2) is 7.00. The number of carboxylic acids is 1. The lowest BCUT2D eigenvalue weighted by atomic mass is 10.1. The van der Waals surface area contributed by atoms with Crippen LogP contribution in [0.15, 0.2) is 0 Å². The quantitative estimate of drug-likeness (QED) is 0.502. The standard InChI is InChI=1S/C8H11ClFNO5/c1-16-8(15)4(10)2-5(7(13)14)11-6(12)3-9/h4-5H,2-3H2,1H3,(H,11,12)(H,13,14)/t4-,5-/m0/s1. The average Bonchev–Trinajstić information content (AvgIpc) is 2.26. The summed E-state index contributed by atoms with van der Waals surface area (Å²) in [6.07, 6.45) is -2.81. The van der Waals surface area contributed by atoms with Crippen molar-refractivity contribution >= 4 is 29.4 Å². The molecule has 0 saturated heterocycles. The van der Waals surface area contributed by atoms with Gasteiger partial charge in [-0.3, -0.25) is 4.79 Å². The van der Waals surface area contributed by atoms with Crippen LogP contribution in [-0.4, -0.2) is 48.2 Å². The van der Waals surface area contributed by atoms with E-state index >= 15 is 0 Å². The van der Waals surface area contributed by atoms with Crippen molar-refractivity contribution < 1.29 is 28.6 Å². The number of ether oxygens (including phenoxy) is 1. The fourth-order valence-corrected chi connectivity index (χ4v) is 0.963. The first-order valence-electron chi connectivity index (χ1n) is 4.22. The number of carboxylic acid groups (broad SMARTS) is 1. The summed E-state index contributed by atoms with van der Waals surface area (Å²) >= 11 is 5.14. The molecule has 0 aromatic rings.